The Morgan fingerprint density at radius 1 is 1.39 bits per heavy atom. The minimum Gasteiger partial charge on any atom is -0.361 e. The van der Waals surface area contributed by atoms with Crippen molar-refractivity contribution in [3.8, 4) is 0 Å². The second-order valence-corrected chi connectivity index (χ2v) is 5.21. The largest absolute Gasteiger partial charge is 0.361 e. The number of benzene rings is 1. The average Bonchev–Trinajstić information content (AvgIpc) is 2.96. The summed E-state index contributed by atoms with van der Waals surface area (Å²) in [6, 6.07) is 8.31. The first-order valence-corrected chi connectivity index (χ1v) is 6.69. The van der Waals surface area contributed by atoms with Gasteiger partial charge in [-0.2, -0.15) is 0 Å². The summed E-state index contributed by atoms with van der Waals surface area (Å²) in [5.74, 6) is 1.10. The molecule has 0 spiro atoms. The third-order valence-electron chi connectivity index (χ3n) is 3.50. The van der Waals surface area contributed by atoms with Crippen molar-refractivity contribution >= 4 is 28.4 Å². The average molecular weight is 263 g/mol. The van der Waals surface area contributed by atoms with Gasteiger partial charge in [0.2, 0.25) is 5.91 Å². The maximum Gasteiger partial charge on any atom is 0.223 e. The molecule has 3 rings (SSSR count). The Balaban J connectivity index is 1.77. The number of alkyl halides is 1. The quantitative estimate of drug-likeness (QED) is 0.849. The molecule has 0 radical (unpaired) electrons. The smallest absolute Gasteiger partial charge is 0.223 e. The summed E-state index contributed by atoms with van der Waals surface area (Å²) >= 11 is 5.82. The molecule has 1 aromatic heterocycles. The highest BCUT2D eigenvalue weighted by Gasteiger charge is 2.28. The van der Waals surface area contributed by atoms with Gasteiger partial charge in [-0.25, -0.2) is 0 Å². The third-order valence-corrected chi connectivity index (χ3v) is 3.94. The van der Waals surface area contributed by atoms with Crippen LogP contribution in [-0.4, -0.2) is 28.2 Å². The number of H-pyrrole nitrogens is 1. The molecule has 1 fully saturated rings. The van der Waals surface area contributed by atoms with Crippen molar-refractivity contribution in [1.82, 2.24) is 9.88 Å². The second kappa shape index (κ2) is 4.65. The van der Waals surface area contributed by atoms with Crippen molar-refractivity contribution in [2.75, 3.05) is 12.4 Å². The van der Waals surface area contributed by atoms with E-state index < -0.39 is 0 Å². The number of aromatic amines is 1. The van der Waals surface area contributed by atoms with Crippen molar-refractivity contribution in [3.05, 3.63) is 36.0 Å². The van der Waals surface area contributed by atoms with E-state index in [1.807, 2.05) is 17.2 Å². The Bertz CT molecular complexity index is 578. The van der Waals surface area contributed by atoms with E-state index in [1.165, 1.54) is 10.9 Å². The maximum atomic E-state index is 11.8. The van der Waals surface area contributed by atoms with Crippen LogP contribution in [0.3, 0.4) is 0 Å². The highest BCUT2D eigenvalue weighted by molar-refractivity contribution is 6.18. The SMILES string of the molecule is O=C1CC(CCl)CN1Cc1ccc2[nH]ccc2c1. The minimum atomic E-state index is 0.217. The van der Waals surface area contributed by atoms with Crippen molar-refractivity contribution in [3.63, 3.8) is 0 Å². The number of nitrogens with zero attached hydrogens (tertiary/aromatic N) is 1. The number of hydrogen-bond acceptors (Lipinski definition) is 1. The van der Waals surface area contributed by atoms with Crippen LogP contribution in [0.15, 0.2) is 30.5 Å². The zero-order valence-corrected chi connectivity index (χ0v) is 10.8. The van der Waals surface area contributed by atoms with Gasteiger partial charge in [0.15, 0.2) is 0 Å². The molecule has 18 heavy (non-hydrogen) atoms. The summed E-state index contributed by atoms with van der Waals surface area (Å²) in [5.41, 5.74) is 2.30. The van der Waals surface area contributed by atoms with Gasteiger partial charge in [0, 0.05) is 37.1 Å². The highest BCUT2D eigenvalue weighted by atomic mass is 35.5. The summed E-state index contributed by atoms with van der Waals surface area (Å²) in [7, 11) is 0. The monoisotopic (exact) mass is 262 g/mol. The van der Waals surface area contributed by atoms with Gasteiger partial charge in [0.25, 0.3) is 0 Å². The Hall–Kier alpha value is -1.48. The summed E-state index contributed by atoms with van der Waals surface area (Å²) in [5, 5.41) is 1.19. The van der Waals surface area contributed by atoms with Crippen LogP contribution in [0.2, 0.25) is 0 Å². The van der Waals surface area contributed by atoms with Gasteiger partial charge < -0.3 is 9.88 Å². The summed E-state index contributed by atoms with van der Waals surface area (Å²) in [4.78, 5) is 16.9. The van der Waals surface area contributed by atoms with E-state index in [1.54, 1.807) is 0 Å². The Morgan fingerprint density at radius 3 is 3.06 bits per heavy atom. The summed E-state index contributed by atoms with van der Waals surface area (Å²) in [6.07, 6.45) is 2.52. The molecule has 4 heteroatoms. The molecule has 1 aliphatic rings. The number of carbonyl (C=O) groups is 1. The molecule has 1 saturated heterocycles. The predicted octanol–water partition coefficient (Wildman–Crippen LogP) is 2.76. The molecule has 1 aromatic carbocycles. The first kappa shape index (κ1) is 11.6. The Labute approximate surface area is 111 Å². The number of likely N-dealkylation sites (tertiary alicyclic amines) is 1. The second-order valence-electron chi connectivity index (χ2n) is 4.90. The molecule has 2 heterocycles. The lowest BCUT2D eigenvalue weighted by atomic mass is 10.1. The number of amides is 1. The van der Waals surface area contributed by atoms with Gasteiger partial charge >= 0.3 is 0 Å². The van der Waals surface area contributed by atoms with Crippen LogP contribution in [0.1, 0.15) is 12.0 Å². The number of halogens is 1. The van der Waals surface area contributed by atoms with Crippen LogP contribution in [0, 0.1) is 5.92 Å². The van der Waals surface area contributed by atoms with E-state index in [2.05, 4.69) is 23.2 Å². The van der Waals surface area contributed by atoms with Crippen LogP contribution < -0.4 is 0 Å². The lowest BCUT2D eigenvalue weighted by molar-refractivity contribution is -0.128. The molecular weight excluding hydrogens is 248 g/mol. The lowest BCUT2D eigenvalue weighted by Crippen LogP contribution is -2.24. The zero-order chi connectivity index (χ0) is 12.5. The van der Waals surface area contributed by atoms with Gasteiger partial charge in [-0.1, -0.05) is 6.07 Å². The molecule has 1 amide bonds. The van der Waals surface area contributed by atoms with Crippen molar-refractivity contribution in [1.29, 1.82) is 0 Å². The normalized spacial score (nSPS) is 19.9. The van der Waals surface area contributed by atoms with Crippen LogP contribution in [0.25, 0.3) is 10.9 Å². The van der Waals surface area contributed by atoms with Crippen LogP contribution >= 0.6 is 11.6 Å². The lowest BCUT2D eigenvalue weighted by Gasteiger charge is -2.16. The molecule has 1 atom stereocenters. The first-order chi connectivity index (χ1) is 8.76. The minimum absolute atomic E-state index is 0.217. The van der Waals surface area contributed by atoms with Crippen LogP contribution in [0.4, 0.5) is 0 Å². The number of nitrogens with one attached hydrogen (secondary N) is 1. The fourth-order valence-electron chi connectivity index (χ4n) is 2.53. The molecule has 3 nitrogen and oxygen atoms in total. The van der Waals surface area contributed by atoms with E-state index in [-0.39, 0.29) is 5.91 Å². The number of rotatable bonds is 3. The van der Waals surface area contributed by atoms with Gasteiger partial charge in [0.1, 0.15) is 0 Å². The third kappa shape index (κ3) is 2.10. The van der Waals surface area contributed by atoms with E-state index >= 15 is 0 Å². The predicted molar refractivity (Wildman–Crippen MR) is 72.5 cm³/mol. The van der Waals surface area contributed by atoms with Gasteiger partial charge in [-0.15, -0.1) is 11.6 Å². The molecule has 1 unspecified atom stereocenters. The Kier molecular flexibility index (Phi) is 3.00. The number of fused-ring (bicyclic) bond motifs is 1. The molecule has 2 aromatic rings. The molecular formula is C14H15ClN2O. The van der Waals surface area contributed by atoms with Gasteiger partial charge in [-0.3, -0.25) is 4.79 Å². The van der Waals surface area contributed by atoms with Gasteiger partial charge in [0.05, 0.1) is 0 Å². The molecule has 1 aliphatic heterocycles. The van der Waals surface area contributed by atoms with Gasteiger partial charge in [-0.05, 0) is 35.1 Å². The zero-order valence-electron chi connectivity index (χ0n) is 10.0. The van der Waals surface area contributed by atoms with Crippen molar-refractivity contribution < 1.29 is 4.79 Å². The summed E-state index contributed by atoms with van der Waals surface area (Å²) in [6.45, 7) is 1.47. The number of aromatic nitrogens is 1. The highest BCUT2D eigenvalue weighted by Crippen LogP contribution is 2.22. The van der Waals surface area contributed by atoms with Crippen molar-refractivity contribution in [2.24, 2.45) is 5.92 Å². The fourth-order valence-corrected chi connectivity index (χ4v) is 2.74. The molecule has 94 valence electrons. The maximum absolute atomic E-state index is 11.8. The standard InChI is InChI=1S/C14H15ClN2O/c15-7-11-6-14(18)17(9-11)8-10-1-2-13-12(5-10)3-4-16-13/h1-5,11,16H,6-9H2. The summed E-state index contributed by atoms with van der Waals surface area (Å²) < 4.78 is 0. The topological polar surface area (TPSA) is 36.1 Å². The molecule has 0 bridgehead atoms. The fraction of sp³-hybridized carbons (Fsp3) is 0.357. The molecule has 1 N–H and O–H groups in total. The number of carbonyl (C=O) groups excluding carboxylic acids is 1. The van der Waals surface area contributed by atoms with E-state index in [9.17, 15) is 4.79 Å². The van der Waals surface area contributed by atoms with E-state index in [4.69, 9.17) is 11.6 Å². The molecule has 0 saturated carbocycles. The van der Waals surface area contributed by atoms with Crippen molar-refractivity contribution in [2.45, 2.75) is 13.0 Å². The van der Waals surface area contributed by atoms with Crippen LogP contribution in [-0.2, 0) is 11.3 Å². The van der Waals surface area contributed by atoms with E-state index in [0.717, 1.165) is 12.1 Å². The Morgan fingerprint density at radius 2 is 2.28 bits per heavy atom. The van der Waals surface area contributed by atoms with E-state index in [0.29, 0.717) is 24.8 Å². The first-order valence-electron chi connectivity index (χ1n) is 6.16. The van der Waals surface area contributed by atoms with Crippen LogP contribution in [0.5, 0.6) is 0 Å². The number of hydrogen-bond donors (Lipinski definition) is 1. The molecule has 0 aliphatic carbocycles.